The highest BCUT2D eigenvalue weighted by atomic mass is 14.8. The van der Waals surface area contributed by atoms with Gasteiger partial charge in [0.25, 0.3) is 0 Å². The molecule has 0 aromatic rings. The first kappa shape index (κ1) is 8.03. The fourth-order valence-electron chi connectivity index (χ4n) is 2.26. The van der Waals surface area contributed by atoms with Gasteiger partial charge in [0.05, 0.1) is 6.04 Å². The summed E-state index contributed by atoms with van der Waals surface area (Å²) in [6.07, 6.45) is 14.7. The predicted molar refractivity (Wildman–Crippen MR) is 52.6 cm³/mol. The first-order valence-electron chi connectivity index (χ1n) is 5.17. The number of hydrogen-bond acceptors (Lipinski definition) is 1. The molecule has 1 saturated carbocycles. The van der Waals surface area contributed by atoms with Gasteiger partial charge in [-0.25, -0.2) is 0 Å². The van der Waals surface area contributed by atoms with Crippen molar-refractivity contribution in [3.63, 3.8) is 0 Å². The van der Waals surface area contributed by atoms with Crippen molar-refractivity contribution in [2.45, 2.75) is 44.6 Å². The van der Waals surface area contributed by atoms with Crippen LogP contribution in [0.3, 0.4) is 0 Å². The minimum Gasteiger partial charge on any atom is -0.289 e. The molecule has 2 atom stereocenters. The van der Waals surface area contributed by atoms with E-state index in [1.165, 1.54) is 38.5 Å². The second-order valence-corrected chi connectivity index (χ2v) is 3.91. The minimum atomic E-state index is 0.621. The van der Waals surface area contributed by atoms with Crippen LogP contribution in [0.2, 0.25) is 0 Å². The van der Waals surface area contributed by atoms with Gasteiger partial charge in [-0.1, -0.05) is 31.8 Å². The van der Waals surface area contributed by atoms with E-state index in [0.29, 0.717) is 6.04 Å². The molecule has 0 amide bonds. The molecule has 0 aromatic carbocycles. The van der Waals surface area contributed by atoms with Gasteiger partial charge in [-0.3, -0.25) is 4.99 Å². The molecule has 2 unspecified atom stereocenters. The summed E-state index contributed by atoms with van der Waals surface area (Å²) in [5.41, 5.74) is 0. The molecule has 1 heteroatoms. The van der Waals surface area contributed by atoms with Crippen molar-refractivity contribution in [1.82, 2.24) is 0 Å². The van der Waals surface area contributed by atoms with Crippen LogP contribution in [-0.4, -0.2) is 12.3 Å². The molecule has 1 heterocycles. The van der Waals surface area contributed by atoms with E-state index in [0.717, 1.165) is 5.92 Å². The maximum atomic E-state index is 4.54. The third-order valence-corrected chi connectivity index (χ3v) is 3.00. The Bertz CT molecular complexity index is 171. The summed E-state index contributed by atoms with van der Waals surface area (Å²) in [4.78, 5) is 4.54. The Hall–Kier alpha value is -0.590. The first-order valence-corrected chi connectivity index (χ1v) is 5.17. The summed E-state index contributed by atoms with van der Waals surface area (Å²) in [7, 11) is 0. The van der Waals surface area contributed by atoms with Crippen LogP contribution in [0, 0.1) is 5.92 Å². The van der Waals surface area contributed by atoms with Crippen LogP contribution in [0.25, 0.3) is 0 Å². The van der Waals surface area contributed by atoms with Crippen LogP contribution in [0.5, 0.6) is 0 Å². The molecule has 1 aliphatic carbocycles. The largest absolute Gasteiger partial charge is 0.289 e. The lowest BCUT2D eigenvalue weighted by molar-refractivity contribution is 0.383. The molecular formula is C11H17N. The summed E-state index contributed by atoms with van der Waals surface area (Å²) in [5.74, 6) is 0.760. The standard InChI is InChI=1S/C11H17N/c1-2-4-8-11-10(6-3-1)7-5-9-12-11/h5,7,9-11H,1-4,6,8H2. The fraction of sp³-hybridized carbons (Fsp3) is 0.727. The van der Waals surface area contributed by atoms with Gasteiger partial charge in [-0.15, -0.1) is 0 Å². The number of dihydropyridines is 1. The van der Waals surface area contributed by atoms with Crippen molar-refractivity contribution in [1.29, 1.82) is 0 Å². The van der Waals surface area contributed by atoms with Crippen molar-refractivity contribution in [3.05, 3.63) is 12.2 Å². The summed E-state index contributed by atoms with van der Waals surface area (Å²) < 4.78 is 0. The zero-order chi connectivity index (χ0) is 8.23. The molecule has 0 spiro atoms. The van der Waals surface area contributed by atoms with E-state index in [4.69, 9.17) is 0 Å². The Balaban J connectivity index is 2.00. The predicted octanol–water partition coefficient (Wildman–Crippen LogP) is 2.97. The maximum absolute atomic E-state index is 4.54. The number of rotatable bonds is 0. The normalized spacial score (nSPS) is 35.3. The highest BCUT2D eigenvalue weighted by molar-refractivity contribution is 5.72. The van der Waals surface area contributed by atoms with Gasteiger partial charge in [0.2, 0.25) is 0 Å². The van der Waals surface area contributed by atoms with Crippen molar-refractivity contribution in [2.24, 2.45) is 10.9 Å². The monoisotopic (exact) mass is 163 g/mol. The van der Waals surface area contributed by atoms with Gasteiger partial charge in [0.15, 0.2) is 0 Å². The number of nitrogens with zero attached hydrogens (tertiary/aromatic N) is 1. The second kappa shape index (κ2) is 3.88. The Morgan fingerprint density at radius 3 is 2.75 bits per heavy atom. The van der Waals surface area contributed by atoms with Gasteiger partial charge in [-0.2, -0.15) is 0 Å². The van der Waals surface area contributed by atoms with E-state index in [1.54, 1.807) is 0 Å². The third kappa shape index (κ3) is 1.77. The molecule has 66 valence electrons. The molecule has 0 bridgehead atoms. The zero-order valence-corrected chi connectivity index (χ0v) is 7.58. The molecular weight excluding hydrogens is 146 g/mol. The van der Waals surface area contributed by atoms with Crippen LogP contribution < -0.4 is 0 Å². The minimum absolute atomic E-state index is 0.621. The lowest BCUT2D eigenvalue weighted by Gasteiger charge is -2.25. The molecule has 0 radical (unpaired) electrons. The van der Waals surface area contributed by atoms with E-state index in [9.17, 15) is 0 Å². The molecule has 0 saturated heterocycles. The van der Waals surface area contributed by atoms with E-state index >= 15 is 0 Å². The highest BCUT2D eigenvalue weighted by Crippen LogP contribution is 2.27. The van der Waals surface area contributed by atoms with Gasteiger partial charge in [0, 0.05) is 6.21 Å². The van der Waals surface area contributed by atoms with Crippen molar-refractivity contribution in [3.8, 4) is 0 Å². The summed E-state index contributed by atoms with van der Waals surface area (Å²) in [5, 5.41) is 0. The molecule has 12 heavy (non-hydrogen) atoms. The van der Waals surface area contributed by atoms with E-state index in [1.807, 2.05) is 6.21 Å². The summed E-state index contributed by atoms with van der Waals surface area (Å²) in [6.45, 7) is 0. The molecule has 0 N–H and O–H groups in total. The lowest BCUT2D eigenvalue weighted by atomic mass is 9.86. The number of aliphatic imine (C=N–C) groups is 1. The maximum Gasteiger partial charge on any atom is 0.0562 e. The van der Waals surface area contributed by atoms with Crippen molar-refractivity contribution < 1.29 is 0 Å². The average molecular weight is 163 g/mol. The van der Waals surface area contributed by atoms with Gasteiger partial charge < -0.3 is 0 Å². The quantitative estimate of drug-likeness (QED) is 0.520. The van der Waals surface area contributed by atoms with Crippen LogP contribution in [0.1, 0.15) is 38.5 Å². The number of fused-ring (bicyclic) bond motifs is 1. The Labute approximate surface area is 74.6 Å². The third-order valence-electron chi connectivity index (χ3n) is 3.00. The average Bonchev–Trinajstić information content (AvgIpc) is 2.06. The molecule has 2 aliphatic rings. The van der Waals surface area contributed by atoms with E-state index in [-0.39, 0.29) is 0 Å². The summed E-state index contributed by atoms with van der Waals surface area (Å²) >= 11 is 0. The van der Waals surface area contributed by atoms with Crippen LogP contribution >= 0.6 is 0 Å². The van der Waals surface area contributed by atoms with Gasteiger partial charge in [-0.05, 0) is 24.8 Å². The topological polar surface area (TPSA) is 12.4 Å². The second-order valence-electron chi connectivity index (χ2n) is 3.91. The molecule has 1 nitrogen and oxygen atoms in total. The number of allylic oxidation sites excluding steroid dienone is 1. The number of hydrogen-bond donors (Lipinski definition) is 0. The van der Waals surface area contributed by atoms with Crippen molar-refractivity contribution >= 4 is 6.21 Å². The molecule has 1 aliphatic heterocycles. The highest BCUT2D eigenvalue weighted by Gasteiger charge is 2.20. The Morgan fingerprint density at radius 2 is 1.83 bits per heavy atom. The molecule has 1 fully saturated rings. The van der Waals surface area contributed by atoms with Crippen molar-refractivity contribution in [2.75, 3.05) is 0 Å². The Morgan fingerprint density at radius 1 is 1.00 bits per heavy atom. The van der Waals surface area contributed by atoms with Gasteiger partial charge >= 0.3 is 0 Å². The molecule has 0 aromatic heterocycles. The van der Waals surface area contributed by atoms with Crippen LogP contribution in [-0.2, 0) is 0 Å². The molecule has 2 rings (SSSR count). The SMILES string of the molecule is C1=CC2CCCCCCC2N=C1. The lowest BCUT2D eigenvalue weighted by Crippen LogP contribution is -2.20. The first-order chi connectivity index (χ1) is 5.97. The van der Waals surface area contributed by atoms with Gasteiger partial charge in [0.1, 0.15) is 0 Å². The smallest absolute Gasteiger partial charge is 0.0562 e. The summed E-state index contributed by atoms with van der Waals surface area (Å²) in [6, 6.07) is 0.621. The van der Waals surface area contributed by atoms with Crippen LogP contribution in [0.15, 0.2) is 17.1 Å². The van der Waals surface area contributed by atoms with Crippen LogP contribution in [0.4, 0.5) is 0 Å². The fourth-order valence-corrected chi connectivity index (χ4v) is 2.26. The zero-order valence-electron chi connectivity index (χ0n) is 7.58. The van der Waals surface area contributed by atoms with E-state index in [2.05, 4.69) is 17.1 Å². The van der Waals surface area contributed by atoms with E-state index < -0.39 is 0 Å². The Kier molecular flexibility index (Phi) is 2.60.